The Bertz CT molecular complexity index is 760. The summed E-state index contributed by atoms with van der Waals surface area (Å²) in [7, 11) is 4.83. The van der Waals surface area contributed by atoms with Crippen LogP contribution in [-0.4, -0.2) is 45.9 Å². The summed E-state index contributed by atoms with van der Waals surface area (Å²) in [5, 5.41) is 3.40. The van der Waals surface area contributed by atoms with E-state index in [-0.39, 0.29) is 24.3 Å². The van der Waals surface area contributed by atoms with E-state index >= 15 is 0 Å². The molecule has 1 aliphatic rings. The molecule has 1 unspecified atom stereocenters. The molecule has 148 valence electrons. The van der Waals surface area contributed by atoms with E-state index in [0.29, 0.717) is 23.8 Å². The van der Waals surface area contributed by atoms with Crippen molar-refractivity contribution in [2.24, 2.45) is 0 Å². The SMILES string of the molecule is COc1ccc(CN2CCNCC2c2cccc(F)c2)c(OC)c1OC.Cl. The van der Waals surface area contributed by atoms with E-state index in [1.54, 1.807) is 33.5 Å². The summed E-state index contributed by atoms with van der Waals surface area (Å²) in [6.07, 6.45) is 0. The van der Waals surface area contributed by atoms with Gasteiger partial charge in [0.1, 0.15) is 5.82 Å². The van der Waals surface area contributed by atoms with Gasteiger partial charge in [-0.15, -0.1) is 12.4 Å². The third-order valence-corrected chi connectivity index (χ3v) is 4.75. The fraction of sp³-hybridized carbons (Fsp3) is 0.400. The van der Waals surface area contributed by atoms with Crippen molar-refractivity contribution >= 4 is 12.4 Å². The fourth-order valence-electron chi connectivity index (χ4n) is 3.48. The van der Waals surface area contributed by atoms with Crippen LogP contribution < -0.4 is 19.5 Å². The Hall–Kier alpha value is -2.02. The van der Waals surface area contributed by atoms with Gasteiger partial charge in [-0.3, -0.25) is 4.90 Å². The van der Waals surface area contributed by atoms with Crippen LogP contribution in [0, 0.1) is 5.82 Å². The second-order valence-corrected chi connectivity index (χ2v) is 6.24. The van der Waals surface area contributed by atoms with Gasteiger partial charge < -0.3 is 19.5 Å². The molecule has 0 radical (unpaired) electrons. The predicted molar refractivity (Wildman–Crippen MR) is 106 cm³/mol. The van der Waals surface area contributed by atoms with Crippen LogP contribution in [0.25, 0.3) is 0 Å². The zero-order valence-corrected chi connectivity index (χ0v) is 16.6. The molecule has 0 aromatic heterocycles. The first-order valence-corrected chi connectivity index (χ1v) is 8.66. The van der Waals surface area contributed by atoms with E-state index in [0.717, 1.165) is 30.8 Å². The monoisotopic (exact) mass is 396 g/mol. The lowest BCUT2D eigenvalue weighted by atomic mass is 10.0. The van der Waals surface area contributed by atoms with Crippen molar-refractivity contribution in [1.82, 2.24) is 10.2 Å². The highest BCUT2D eigenvalue weighted by molar-refractivity contribution is 5.85. The molecule has 1 saturated heterocycles. The molecule has 1 atom stereocenters. The minimum atomic E-state index is -0.211. The van der Waals surface area contributed by atoms with Crippen LogP contribution in [0.4, 0.5) is 4.39 Å². The Kier molecular flexibility index (Phi) is 7.71. The lowest BCUT2D eigenvalue weighted by Gasteiger charge is -2.37. The summed E-state index contributed by atoms with van der Waals surface area (Å²) in [6, 6.07) is 10.8. The van der Waals surface area contributed by atoms with E-state index < -0.39 is 0 Å². The van der Waals surface area contributed by atoms with E-state index in [2.05, 4.69) is 10.2 Å². The topological polar surface area (TPSA) is 43.0 Å². The molecule has 0 aliphatic carbocycles. The average Bonchev–Trinajstić information content (AvgIpc) is 2.67. The summed E-state index contributed by atoms with van der Waals surface area (Å²) < 4.78 is 30.1. The first-order valence-electron chi connectivity index (χ1n) is 8.66. The minimum absolute atomic E-state index is 0. The molecule has 1 aliphatic heterocycles. The van der Waals surface area contributed by atoms with Crippen LogP contribution in [-0.2, 0) is 6.54 Å². The summed E-state index contributed by atoms with van der Waals surface area (Å²) >= 11 is 0. The van der Waals surface area contributed by atoms with Gasteiger partial charge in [-0.05, 0) is 23.8 Å². The zero-order valence-electron chi connectivity index (χ0n) is 15.8. The van der Waals surface area contributed by atoms with Crippen LogP contribution in [0.5, 0.6) is 17.2 Å². The molecule has 2 aromatic carbocycles. The number of benzene rings is 2. The standard InChI is InChI=1S/C20H25FN2O3.ClH/c1-24-18-8-7-15(19(25-2)20(18)26-3)13-23-10-9-22-12-17(23)14-5-4-6-16(21)11-14;/h4-8,11,17,22H,9-10,12-13H2,1-3H3;1H. The van der Waals surface area contributed by atoms with E-state index in [9.17, 15) is 4.39 Å². The molecule has 1 N–H and O–H groups in total. The number of piperazine rings is 1. The smallest absolute Gasteiger partial charge is 0.203 e. The highest BCUT2D eigenvalue weighted by Gasteiger charge is 2.26. The van der Waals surface area contributed by atoms with Crippen molar-refractivity contribution in [2.45, 2.75) is 12.6 Å². The number of methoxy groups -OCH3 is 3. The maximum atomic E-state index is 13.7. The van der Waals surface area contributed by atoms with Crippen molar-refractivity contribution in [3.63, 3.8) is 0 Å². The van der Waals surface area contributed by atoms with E-state index in [1.807, 2.05) is 18.2 Å². The van der Waals surface area contributed by atoms with Crippen LogP contribution in [0.2, 0.25) is 0 Å². The molecule has 7 heteroatoms. The second kappa shape index (κ2) is 9.78. The molecule has 0 saturated carbocycles. The third-order valence-electron chi connectivity index (χ3n) is 4.75. The summed E-state index contributed by atoms with van der Waals surface area (Å²) in [4.78, 5) is 2.33. The maximum absolute atomic E-state index is 13.7. The molecule has 1 heterocycles. The number of nitrogens with zero attached hydrogens (tertiary/aromatic N) is 1. The number of hydrogen-bond donors (Lipinski definition) is 1. The summed E-state index contributed by atoms with van der Waals surface area (Å²) in [6.45, 7) is 3.20. The van der Waals surface area contributed by atoms with E-state index in [4.69, 9.17) is 14.2 Å². The normalized spacial score (nSPS) is 17.1. The van der Waals surface area contributed by atoms with Crippen LogP contribution in [0.15, 0.2) is 36.4 Å². The van der Waals surface area contributed by atoms with Gasteiger partial charge >= 0.3 is 0 Å². The lowest BCUT2D eigenvalue weighted by Crippen LogP contribution is -2.45. The summed E-state index contributed by atoms with van der Waals surface area (Å²) in [5.74, 6) is 1.68. The Morgan fingerprint density at radius 3 is 2.52 bits per heavy atom. The van der Waals surface area contributed by atoms with Crippen molar-refractivity contribution in [1.29, 1.82) is 0 Å². The van der Waals surface area contributed by atoms with Crippen molar-refractivity contribution in [2.75, 3.05) is 41.0 Å². The molecule has 5 nitrogen and oxygen atoms in total. The van der Waals surface area contributed by atoms with Gasteiger partial charge in [-0.1, -0.05) is 18.2 Å². The lowest BCUT2D eigenvalue weighted by molar-refractivity contribution is 0.151. The van der Waals surface area contributed by atoms with Crippen LogP contribution >= 0.6 is 12.4 Å². The van der Waals surface area contributed by atoms with Crippen molar-refractivity contribution in [3.05, 3.63) is 53.3 Å². The van der Waals surface area contributed by atoms with Gasteiger partial charge in [0.2, 0.25) is 5.75 Å². The van der Waals surface area contributed by atoms with Gasteiger partial charge in [0, 0.05) is 37.8 Å². The highest BCUT2D eigenvalue weighted by Crippen LogP contribution is 2.41. The van der Waals surface area contributed by atoms with Crippen LogP contribution in [0.3, 0.4) is 0 Å². The quantitative estimate of drug-likeness (QED) is 0.810. The summed E-state index contributed by atoms with van der Waals surface area (Å²) in [5.41, 5.74) is 1.98. The Labute approximate surface area is 165 Å². The van der Waals surface area contributed by atoms with E-state index in [1.165, 1.54) is 6.07 Å². The fourth-order valence-corrected chi connectivity index (χ4v) is 3.48. The van der Waals surface area contributed by atoms with Crippen LogP contribution in [0.1, 0.15) is 17.2 Å². The minimum Gasteiger partial charge on any atom is -0.493 e. The second-order valence-electron chi connectivity index (χ2n) is 6.24. The molecular formula is C20H26ClFN2O3. The van der Waals surface area contributed by atoms with Crippen molar-refractivity contribution in [3.8, 4) is 17.2 Å². The number of ether oxygens (including phenoxy) is 3. The molecular weight excluding hydrogens is 371 g/mol. The van der Waals surface area contributed by atoms with Gasteiger partial charge in [0.25, 0.3) is 0 Å². The van der Waals surface area contributed by atoms with Crippen molar-refractivity contribution < 1.29 is 18.6 Å². The predicted octanol–water partition coefficient (Wildman–Crippen LogP) is 3.42. The van der Waals surface area contributed by atoms with Gasteiger partial charge in [-0.2, -0.15) is 0 Å². The number of hydrogen-bond acceptors (Lipinski definition) is 5. The third kappa shape index (κ3) is 4.64. The first kappa shape index (κ1) is 21.3. The zero-order chi connectivity index (χ0) is 18.5. The average molecular weight is 397 g/mol. The Morgan fingerprint density at radius 1 is 1.07 bits per heavy atom. The Balaban J connectivity index is 0.00000261. The Morgan fingerprint density at radius 2 is 1.85 bits per heavy atom. The molecule has 0 spiro atoms. The number of halogens is 2. The number of nitrogens with one attached hydrogen (secondary N) is 1. The molecule has 2 aromatic rings. The van der Waals surface area contributed by atoms with Gasteiger partial charge in [0.05, 0.1) is 21.3 Å². The molecule has 0 amide bonds. The molecule has 27 heavy (non-hydrogen) atoms. The highest BCUT2D eigenvalue weighted by atomic mass is 35.5. The van der Waals surface area contributed by atoms with Gasteiger partial charge in [0.15, 0.2) is 11.5 Å². The molecule has 3 rings (SSSR count). The number of rotatable bonds is 6. The maximum Gasteiger partial charge on any atom is 0.203 e. The van der Waals surface area contributed by atoms with Gasteiger partial charge in [-0.25, -0.2) is 4.39 Å². The molecule has 0 bridgehead atoms. The largest absolute Gasteiger partial charge is 0.493 e. The first-order chi connectivity index (χ1) is 12.7. The molecule has 1 fully saturated rings.